The zero-order valence-electron chi connectivity index (χ0n) is 11.1. The van der Waals surface area contributed by atoms with E-state index in [0.29, 0.717) is 6.42 Å². The number of para-hydroxylation sites is 1. The van der Waals surface area contributed by atoms with Crippen LogP contribution in [-0.4, -0.2) is 18.6 Å². The maximum Gasteiger partial charge on any atom is 0.254 e. The van der Waals surface area contributed by atoms with Crippen LogP contribution in [0.1, 0.15) is 15.9 Å². The average molecular weight is 289 g/mol. The quantitative estimate of drug-likeness (QED) is 0.943. The van der Waals surface area contributed by atoms with Crippen LogP contribution in [0, 0.1) is 11.6 Å². The second-order valence-corrected chi connectivity index (χ2v) is 4.86. The van der Waals surface area contributed by atoms with Gasteiger partial charge in [0.15, 0.2) is 11.6 Å². The Morgan fingerprint density at radius 2 is 1.90 bits per heavy atom. The number of hydrogen-bond donors (Lipinski definition) is 1. The molecule has 1 N–H and O–H groups in total. The number of halogens is 2. The Bertz CT molecular complexity index is 688. The van der Waals surface area contributed by atoms with Crippen molar-refractivity contribution in [3.05, 3.63) is 65.2 Å². The third-order valence-corrected chi connectivity index (χ3v) is 3.39. The lowest BCUT2D eigenvalue weighted by molar-refractivity contribution is 0.0929. The van der Waals surface area contributed by atoms with Gasteiger partial charge in [0.1, 0.15) is 11.9 Å². The van der Waals surface area contributed by atoms with Crippen LogP contribution in [0.3, 0.4) is 0 Å². The first-order chi connectivity index (χ1) is 10.1. The zero-order valence-corrected chi connectivity index (χ0v) is 11.1. The van der Waals surface area contributed by atoms with E-state index in [0.717, 1.165) is 5.56 Å². The molecule has 1 heterocycles. The van der Waals surface area contributed by atoms with Gasteiger partial charge in [-0.2, -0.15) is 0 Å². The van der Waals surface area contributed by atoms with Crippen LogP contribution >= 0.6 is 0 Å². The molecule has 0 aliphatic carbocycles. The summed E-state index contributed by atoms with van der Waals surface area (Å²) in [6.07, 6.45) is 0.178. The molecule has 21 heavy (non-hydrogen) atoms. The second-order valence-electron chi connectivity index (χ2n) is 4.86. The van der Waals surface area contributed by atoms with Gasteiger partial charge in [-0.25, -0.2) is 8.78 Å². The van der Waals surface area contributed by atoms with Crippen molar-refractivity contribution < 1.29 is 18.3 Å². The van der Waals surface area contributed by atoms with E-state index < -0.39 is 17.5 Å². The van der Waals surface area contributed by atoms with E-state index >= 15 is 0 Å². The Morgan fingerprint density at radius 1 is 1.14 bits per heavy atom. The van der Waals surface area contributed by atoms with Gasteiger partial charge in [0.2, 0.25) is 0 Å². The van der Waals surface area contributed by atoms with E-state index in [9.17, 15) is 13.6 Å². The van der Waals surface area contributed by atoms with Crippen LogP contribution in [0.5, 0.6) is 5.75 Å². The minimum Gasteiger partial charge on any atom is -0.485 e. The molecule has 3 nitrogen and oxygen atoms in total. The van der Waals surface area contributed by atoms with Gasteiger partial charge in [-0.3, -0.25) is 4.79 Å². The standard InChI is InChI=1S/C16H13F2NO2/c17-13-6-2-1-5-12(13)16(20)19-9-11-8-10-4-3-7-14(18)15(10)21-11/h1-7,11H,8-9H2,(H,19,20). The van der Waals surface area contributed by atoms with Crippen molar-refractivity contribution in [2.75, 3.05) is 6.54 Å². The number of fused-ring (bicyclic) bond motifs is 1. The summed E-state index contributed by atoms with van der Waals surface area (Å²) in [6, 6.07) is 10.5. The van der Waals surface area contributed by atoms with Crippen molar-refractivity contribution in [1.29, 1.82) is 0 Å². The number of benzene rings is 2. The number of rotatable bonds is 3. The third kappa shape index (κ3) is 2.72. The third-order valence-electron chi connectivity index (χ3n) is 3.39. The van der Waals surface area contributed by atoms with Crippen molar-refractivity contribution >= 4 is 5.91 Å². The fourth-order valence-corrected chi connectivity index (χ4v) is 2.36. The number of carbonyl (C=O) groups excluding carboxylic acids is 1. The maximum absolute atomic E-state index is 13.5. The van der Waals surface area contributed by atoms with Crippen LogP contribution < -0.4 is 10.1 Å². The Balaban J connectivity index is 1.62. The van der Waals surface area contributed by atoms with Gasteiger partial charge in [0, 0.05) is 12.0 Å². The fraction of sp³-hybridized carbons (Fsp3) is 0.188. The van der Waals surface area contributed by atoms with Crippen molar-refractivity contribution in [3.63, 3.8) is 0 Å². The van der Waals surface area contributed by atoms with Crippen LogP contribution in [0.15, 0.2) is 42.5 Å². The summed E-state index contributed by atoms with van der Waals surface area (Å²) in [4.78, 5) is 11.9. The molecule has 1 atom stereocenters. The maximum atomic E-state index is 13.5. The van der Waals surface area contributed by atoms with Crippen LogP contribution in [0.2, 0.25) is 0 Å². The zero-order chi connectivity index (χ0) is 14.8. The molecule has 5 heteroatoms. The van der Waals surface area contributed by atoms with Crippen molar-refractivity contribution in [2.45, 2.75) is 12.5 Å². The number of hydrogen-bond acceptors (Lipinski definition) is 2. The van der Waals surface area contributed by atoms with Gasteiger partial charge in [-0.1, -0.05) is 24.3 Å². The van der Waals surface area contributed by atoms with Gasteiger partial charge in [-0.15, -0.1) is 0 Å². The molecule has 1 aliphatic heterocycles. The van der Waals surface area contributed by atoms with Crippen LogP contribution in [0.25, 0.3) is 0 Å². The molecule has 0 fully saturated rings. The predicted molar refractivity (Wildman–Crippen MR) is 73.3 cm³/mol. The largest absolute Gasteiger partial charge is 0.485 e. The van der Waals surface area contributed by atoms with Gasteiger partial charge in [-0.05, 0) is 18.2 Å². The molecule has 0 aromatic heterocycles. The molecule has 1 aliphatic rings. The summed E-state index contributed by atoms with van der Waals surface area (Å²) in [5.74, 6) is -1.25. The Hall–Kier alpha value is -2.43. The topological polar surface area (TPSA) is 38.3 Å². The second kappa shape index (κ2) is 5.52. The molecule has 0 spiro atoms. The number of nitrogens with one attached hydrogen (secondary N) is 1. The summed E-state index contributed by atoms with van der Waals surface area (Å²) < 4.78 is 32.5. The van der Waals surface area contributed by atoms with E-state index in [4.69, 9.17) is 4.74 Å². The molecule has 2 aromatic carbocycles. The first kappa shape index (κ1) is 13.5. The highest BCUT2D eigenvalue weighted by molar-refractivity contribution is 5.94. The highest BCUT2D eigenvalue weighted by Gasteiger charge is 2.26. The monoisotopic (exact) mass is 289 g/mol. The molecule has 0 radical (unpaired) electrons. The number of ether oxygens (including phenoxy) is 1. The van der Waals surface area contributed by atoms with Gasteiger partial charge in [0.05, 0.1) is 12.1 Å². The molecular weight excluding hydrogens is 276 g/mol. The van der Waals surface area contributed by atoms with E-state index in [1.165, 1.54) is 24.3 Å². The Labute approximate surface area is 120 Å². The lowest BCUT2D eigenvalue weighted by atomic mass is 10.1. The molecule has 3 rings (SSSR count). The van der Waals surface area contributed by atoms with E-state index in [2.05, 4.69) is 5.32 Å². The first-order valence-corrected chi connectivity index (χ1v) is 6.62. The minimum atomic E-state index is -0.573. The van der Waals surface area contributed by atoms with Crippen molar-refractivity contribution in [2.24, 2.45) is 0 Å². The molecule has 108 valence electrons. The Morgan fingerprint density at radius 3 is 2.67 bits per heavy atom. The Kier molecular flexibility index (Phi) is 3.56. The molecule has 0 saturated heterocycles. The first-order valence-electron chi connectivity index (χ1n) is 6.62. The lowest BCUT2D eigenvalue weighted by Gasteiger charge is -2.12. The fourth-order valence-electron chi connectivity index (χ4n) is 2.36. The molecule has 2 aromatic rings. The lowest BCUT2D eigenvalue weighted by Crippen LogP contribution is -2.34. The smallest absolute Gasteiger partial charge is 0.254 e. The SMILES string of the molecule is O=C(NCC1Cc2cccc(F)c2O1)c1ccccc1F. The van der Waals surface area contributed by atoms with Crippen molar-refractivity contribution in [1.82, 2.24) is 5.32 Å². The summed E-state index contributed by atoms with van der Waals surface area (Å²) in [5, 5.41) is 2.61. The highest BCUT2D eigenvalue weighted by atomic mass is 19.1. The van der Waals surface area contributed by atoms with Crippen molar-refractivity contribution in [3.8, 4) is 5.75 Å². The van der Waals surface area contributed by atoms with Gasteiger partial charge < -0.3 is 10.1 Å². The molecule has 0 saturated carbocycles. The molecule has 1 amide bonds. The summed E-state index contributed by atoms with van der Waals surface area (Å²) in [6.45, 7) is 0.196. The summed E-state index contributed by atoms with van der Waals surface area (Å²) >= 11 is 0. The van der Waals surface area contributed by atoms with Crippen LogP contribution in [-0.2, 0) is 6.42 Å². The van der Waals surface area contributed by atoms with Gasteiger partial charge >= 0.3 is 0 Å². The van der Waals surface area contributed by atoms with Gasteiger partial charge in [0.25, 0.3) is 5.91 Å². The predicted octanol–water partition coefficient (Wildman–Crippen LogP) is 2.70. The van der Waals surface area contributed by atoms with E-state index in [1.54, 1.807) is 18.2 Å². The van der Waals surface area contributed by atoms with E-state index in [-0.39, 0.29) is 24.0 Å². The highest BCUT2D eigenvalue weighted by Crippen LogP contribution is 2.31. The molecule has 1 unspecified atom stereocenters. The molecule has 0 bridgehead atoms. The number of amides is 1. The summed E-state index contributed by atoms with van der Waals surface area (Å²) in [5.41, 5.74) is 0.763. The normalized spacial score (nSPS) is 16.2. The summed E-state index contributed by atoms with van der Waals surface area (Å²) in [7, 11) is 0. The van der Waals surface area contributed by atoms with Crippen LogP contribution in [0.4, 0.5) is 8.78 Å². The number of carbonyl (C=O) groups is 1. The minimum absolute atomic E-state index is 0.0146. The average Bonchev–Trinajstić information content (AvgIpc) is 2.90. The van der Waals surface area contributed by atoms with E-state index in [1.807, 2.05) is 0 Å². The molecular formula is C16H13F2NO2.